The number of aromatic nitrogens is 2. The van der Waals surface area contributed by atoms with E-state index in [1.54, 1.807) is 12.5 Å². The van der Waals surface area contributed by atoms with Gasteiger partial charge in [0.1, 0.15) is 0 Å². The second-order valence-corrected chi connectivity index (χ2v) is 5.55. The maximum atomic E-state index is 12.2. The summed E-state index contributed by atoms with van der Waals surface area (Å²) >= 11 is 0. The number of carbonyl (C=O) groups is 1. The Balaban J connectivity index is 1.70. The molecule has 22 heavy (non-hydrogen) atoms. The van der Waals surface area contributed by atoms with Gasteiger partial charge in [0, 0.05) is 12.4 Å². The second kappa shape index (κ2) is 6.56. The van der Waals surface area contributed by atoms with Crippen molar-refractivity contribution in [3.63, 3.8) is 0 Å². The number of aryl methyl sites for hydroxylation is 1. The first kappa shape index (κ1) is 14.5. The zero-order valence-electron chi connectivity index (χ0n) is 12.8. The van der Waals surface area contributed by atoms with E-state index in [2.05, 4.69) is 29.1 Å². The maximum Gasteiger partial charge on any atom is 0.253 e. The van der Waals surface area contributed by atoms with Crippen LogP contribution in [0.25, 0.3) is 0 Å². The van der Waals surface area contributed by atoms with Crippen LogP contribution >= 0.6 is 0 Å². The largest absolute Gasteiger partial charge is 0.332 e. The van der Waals surface area contributed by atoms with E-state index in [0.717, 1.165) is 17.8 Å². The zero-order valence-corrected chi connectivity index (χ0v) is 12.8. The number of carbonyl (C=O) groups excluding carboxylic acids is 1. The van der Waals surface area contributed by atoms with Crippen molar-refractivity contribution >= 4 is 17.3 Å². The summed E-state index contributed by atoms with van der Waals surface area (Å²) < 4.78 is 1.92. The topological polar surface area (TPSA) is 50.5 Å². The molecule has 1 amide bonds. The molecule has 1 aliphatic rings. The fraction of sp³-hybridized carbons (Fsp3) is 0.353. The van der Waals surface area contributed by atoms with Crippen molar-refractivity contribution in [2.24, 2.45) is 5.10 Å². The molecule has 1 aromatic heterocycles. The first-order valence-electron chi connectivity index (χ1n) is 7.70. The second-order valence-electron chi connectivity index (χ2n) is 5.55. The summed E-state index contributed by atoms with van der Waals surface area (Å²) in [7, 11) is 0. The van der Waals surface area contributed by atoms with E-state index < -0.39 is 0 Å². The fourth-order valence-corrected chi connectivity index (χ4v) is 2.55. The van der Waals surface area contributed by atoms with E-state index in [1.807, 2.05) is 22.9 Å². The van der Waals surface area contributed by atoms with Gasteiger partial charge in [-0.3, -0.25) is 4.79 Å². The fourth-order valence-electron chi connectivity index (χ4n) is 2.55. The van der Waals surface area contributed by atoms with Crippen molar-refractivity contribution in [2.75, 3.05) is 5.01 Å². The van der Waals surface area contributed by atoms with Gasteiger partial charge in [-0.2, -0.15) is 5.10 Å². The molecule has 0 spiro atoms. The average Bonchev–Trinajstić information content (AvgIpc) is 3.16. The number of hydrazone groups is 1. The Hall–Kier alpha value is -2.43. The Bertz CT molecular complexity index is 658. The van der Waals surface area contributed by atoms with Gasteiger partial charge in [-0.15, -0.1) is 0 Å². The highest BCUT2D eigenvalue weighted by atomic mass is 16.2. The summed E-state index contributed by atoms with van der Waals surface area (Å²) in [5.41, 5.74) is 3.00. The van der Waals surface area contributed by atoms with Gasteiger partial charge in [0.15, 0.2) is 0 Å². The summed E-state index contributed by atoms with van der Waals surface area (Å²) in [6, 6.07) is 8.13. The highest BCUT2D eigenvalue weighted by Gasteiger charge is 2.25. The maximum absolute atomic E-state index is 12.2. The molecule has 0 fully saturated rings. The third kappa shape index (κ3) is 3.24. The van der Waals surface area contributed by atoms with Crippen molar-refractivity contribution in [1.82, 2.24) is 9.55 Å². The van der Waals surface area contributed by atoms with Gasteiger partial charge in [0.05, 0.1) is 30.7 Å². The molecule has 0 radical (unpaired) electrons. The molecule has 2 heterocycles. The minimum absolute atomic E-state index is 0.0245. The lowest BCUT2D eigenvalue weighted by molar-refractivity contribution is -0.116. The number of anilines is 1. The molecule has 1 aliphatic heterocycles. The molecule has 2 aromatic rings. The van der Waals surface area contributed by atoms with E-state index in [4.69, 9.17) is 0 Å². The molecule has 0 atom stereocenters. The number of unbranched alkanes of at least 4 members (excludes halogenated alkanes) is 1. The average molecular weight is 296 g/mol. The number of amides is 1. The third-order valence-electron chi connectivity index (χ3n) is 3.76. The van der Waals surface area contributed by atoms with Crippen LogP contribution in [0.3, 0.4) is 0 Å². The predicted octanol–water partition coefficient (Wildman–Crippen LogP) is 3.02. The molecule has 114 valence electrons. The van der Waals surface area contributed by atoms with Crippen LogP contribution in [0.4, 0.5) is 5.69 Å². The lowest BCUT2D eigenvalue weighted by Crippen LogP contribution is -2.19. The normalized spacial score (nSPS) is 14.5. The number of benzene rings is 1. The summed E-state index contributed by atoms with van der Waals surface area (Å²) in [5.74, 6) is 0.0245. The number of rotatable bonds is 6. The first-order chi connectivity index (χ1) is 10.8. The molecule has 5 nitrogen and oxygen atoms in total. The Morgan fingerprint density at radius 3 is 2.73 bits per heavy atom. The summed E-state index contributed by atoms with van der Waals surface area (Å²) in [5, 5.41) is 5.97. The molecule has 0 saturated carbocycles. The summed E-state index contributed by atoms with van der Waals surface area (Å²) in [4.78, 5) is 16.2. The summed E-state index contributed by atoms with van der Waals surface area (Å²) in [6.45, 7) is 2.80. The van der Waals surface area contributed by atoms with Crippen LogP contribution in [-0.2, 0) is 17.8 Å². The van der Waals surface area contributed by atoms with E-state index in [0.29, 0.717) is 13.0 Å². The van der Waals surface area contributed by atoms with Crippen molar-refractivity contribution in [2.45, 2.75) is 39.2 Å². The highest BCUT2D eigenvalue weighted by Crippen LogP contribution is 2.22. The molecule has 0 bridgehead atoms. The van der Waals surface area contributed by atoms with Crippen LogP contribution in [0.5, 0.6) is 0 Å². The smallest absolute Gasteiger partial charge is 0.253 e. The van der Waals surface area contributed by atoms with Gasteiger partial charge in [-0.1, -0.05) is 25.5 Å². The lowest BCUT2D eigenvalue weighted by atomic mass is 10.1. The van der Waals surface area contributed by atoms with Crippen molar-refractivity contribution in [1.29, 1.82) is 0 Å². The molecule has 0 unspecified atom stereocenters. The Morgan fingerprint density at radius 2 is 2.05 bits per heavy atom. The van der Waals surface area contributed by atoms with Gasteiger partial charge in [0.2, 0.25) is 0 Å². The zero-order chi connectivity index (χ0) is 15.4. The standard InChI is InChI=1S/C17H20N4O/c1-2-3-4-14-5-7-16(8-6-14)21-17(22)11-15(19-21)12-20-10-9-18-13-20/h5-10,13H,2-4,11-12H2,1H3. The molecule has 5 heteroatoms. The minimum Gasteiger partial charge on any atom is -0.332 e. The predicted molar refractivity (Wildman–Crippen MR) is 86.8 cm³/mol. The van der Waals surface area contributed by atoms with Crippen LogP contribution < -0.4 is 5.01 Å². The van der Waals surface area contributed by atoms with Crippen LogP contribution in [0.2, 0.25) is 0 Å². The Morgan fingerprint density at radius 1 is 1.23 bits per heavy atom. The molecule has 0 aliphatic carbocycles. The van der Waals surface area contributed by atoms with Crippen molar-refractivity contribution in [3.05, 3.63) is 48.5 Å². The van der Waals surface area contributed by atoms with Gasteiger partial charge in [-0.05, 0) is 30.5 Å². The van der Waals surface area contributed by atoms with Gasteiger partial charge in [-0.25, -0.2) is 9.99 Å². The molecule has 0 saturated heterocycles. The van der Waals surface area contributed by atoms with Crippen molar-refractivity contribution in [3.8, 4) is 0 Å². The van der Waals surface area contributed by atoms with E-state index in [1.165, 1.54) is 23.4 Å². The third-order valence-corrected chi connectivity index (χ3v) is 3.76. The van der Waals surface area contributed by atoms with Gasteiger partial charge < -0.3 is 4.57 Å². The Kier molecular flexibility index (Phi) is 4.32. The van der Waals surface area contributed by atoms with E-state index in [9.17, 15) is 4.79 Å². The van der Waals surface area contributed by atoms with Crippen LogP contribution in [0.1, 0.15) is 31.7 Å². The monoisotopic (exact) mass is 296 g/mol. The first-order valence-corrected chi connectivity index (χ1v) is 7.70. The molecule has 1 aromatic carbocycles. The van der Waals surface area contributed by atoms with E-state index in [-0.39, 0.29) is 5.91 Å². The number of hydrogen-bond donors (Lipinski definition) is 0. The highest BCUT2D eigenvalue weighted by molar-refractivity contribution is 6.12. The molecule has 3 rings (SSSR count). The molecular weight excluding hydrogens is 276 g/mol. The SMILES string of the molecule is CCCCc1ccc(N2N=C(Cn3ccnc3)CC2=O)cc1. The molecular formula is C17H20N4O. The Labute approximate surface area is 130 Å². The van der Waals surface area contributed by atoms with Crippen LogP contribution in [-0.4, -0.2) is 21.2 Å². The number of imidazole rings is 1. The quantitative estimate of drug-likeness (QED) is 0.822. The van der Waals surface area contributed by atoms with Gasteiger partial charge in [0.25, 0.3) is 5.91 Å². The number of hydrogen-bond acceptors (Lipinski definition) is 3. The number of nitrogens with zero attached hydrogens (tertiary/aromatic N) is 4. The van der Waals surface area contributed by atoms with Crippen molar-refractivity contribution < 1.29 is 4.79 Å². The molecule has 0 N–H and O–H groups in total. The van der Waals surface area contributed by atoms with E-state index >= 15 is 0 Å². The lowest BCUT2D eigenvalue weighted by Gasteiger charge is -2.12. The van der Waals surface area contributed by atoms with Crippen LogP contribution in [0.15, 0.2) is 48.1 Å². The minimum atomic E-state index is 0.0245. The summed E-state index contributed by atoms with van der Waals surface area (Å²) in [6.07, 6.45) is 9.17. The van der Waals surface area contributed by atoms with Gasteiger partial charge >= 0.3 is 0 Å². The van der Waals surface area contributed by atoms with Crippen LogP contribution in [0, 0.1) is 0 Å².